The summed E-state index contributed by atoms with van der Waals surface area (Å²) in [6.45, 7) is 0.624. The zero-order valence-electron chi connectivity index (χ0n) is 14.2. The van der Waals surface area contributed by atoms with E-state index in [-0.39, 0.29) is 0 Å². The first-order valence-electron chi connectivity index (χ1n) is 8.21. The van der Waals surface area contributed by atoms with Crippen molar-refractivity contribution in [2.45, 2.75) is 0 Å². The van der Waals surface area contributed by atoms with Crippen molar-refractivity contribution < 1.29 is 9.47 Å². The molecule has 3 aromatic rings. The molecule has 1 heterocycles. The predicted molar refractivity (Wildman–Crippen MR) is 102 cm³/mol. The molecule has 0 aliphatic rings. The largest absolute Gasteiger partial charge is 0.481 e. The number of nitrogens with zero attached hydrogens (tertiary/aromatic N) is 1. The predicted octanol–water partition coefficient (Wildman–Crippen LogP) is 3.94. The third-order valence-electron chi connectivity index (χ3n) is 3.29. The summed E-state index contributed by atoms with van der Waals surface area (Å²) in [5, 5.41) is 0. The first kappa shape index (κ1) is 17.1. The van der Waals surface area contributed by atoms with Crippen molar-refractivity contribution in [3.63, 3.8) is 0 Å². The van der Waals surface area contributed by atoms with Gasteiger partial charge in [0, 0.05) is 0 Å². The Morgan fingerprint density at radius 3 is 1.50 bits per heavy atom. The summed E-state index contributed by atoms with van der Waals surface area (Å²) in [4.78, 5) is 4.40. The molecule has 3 heteroatoms. The molecule has 0 fully saturated rings. The molecule has 26 heavy (non-hydrogen) atoms. The smallest absolute Gasteiger partial charge is 0.149 e. The molecule has 3 nitrogen and oxygen atoms in total. The molecule has 0 saturated heterocycles. The minimum absolute atomic E-state index is 0.312. The third kappa shape index (κ3) is 5.74. The molecule has 0 bridgehead atoms. The summed E-state index contributed by atoms with van der Waals surface area (Å²) in [6.07, 6.45) is 0. The Hall–Kier alpha value is -3.69. The van der Waals surface area contributed by atoms with Crippen molar-refractivity contribution in [1.29, 1.82) is 0 Å². The Bertz CT molecular complexity index is 868. The van der Waals surface area contributed by atoms with Gasteiger partial charge in [0.1, 0.15) is 36.1 Å². The first-order valence-corrected chi connectivity index (χ1v) is 8.21. The topological polar surface area (TPSA) is 31.4 Å². The van der Waals surface area contributed by atoms with E-state index in [9.17, 15) is 0 Å². The van der Waals surface area contributed by atoms with Crippen LogP contribution >= 0.6 is 0 Å². The summed E-state index contributed by atoms with van der Waals surface area (Å²) in [5.41, 5.74) is 1.33. The van der Waals surface area contributed by atoms with Gasteiger partial charge in [-0.05, 0) is 48.2 Å². The van der Waals surface area contributed by atoms with E-state index in [4.69, 9.17) is 9.47 Å². The molecule has 3 rings (SSSR count). The SMILES string of the molecule is C(#Cc1cccc(C#CCOc2ccccc2)n1)COc1ccccc1. The Labute approximate surface area is 153 Å². The van der Waals surface area contributed by atoms with E-state index in [2.05, 4.69) is 28.7 Å². The molecule has 0 amide bonds. The molecule has 0 unspecified atom stereocenters. The lowest BCUT2D eigenvalue weighted by Crippen LogP contribution is -1.95. The van der Waals surface area contributed by atoms with Gasteiger partial charge in [-0.3, -0.25) is 0 Å². The van der Waals surface area contributed by atoms with Crippen LogP contribution in [0.3, 0.4) is 0 Å². The van der Waals surface area contributed by atoms with E-state index in [0.717, 1.165) is 11.5 Å². The van der Waals surface area contributed by atoms with Gasteiger partial charge in [-0.25, -0.2) is 4.98 Å². The number of rotatable bonds is 4. The fourth-order valence-electron chi connectivity index (χ4n) is 2.10. The fourth-order valence-corrected chi connectivity index (χ4v) is 2.10. The van der Waals surface area contributed by atoms with Gasteiger partial charge in [0.05, 0.1) is 0 Å². The van der Waals surface area contributed by atoms with E-state index in [0.29, 0.717) is 24.6 Å². The zero-order valence-corrected chi connectivity index (χ0v) is 14.2. The highest BCUT2D eigenvalue weighted by Gasteiger charge is 1.92. The highest BCUT2D eigenvalue weighted by Crippen LogP contribution is 2.08. The van der Waals surface area contributed by atoms with Crippen LogP contribution in [0.2, 0.25) is 0 Å². The van der Waals surface area contributed by atoms with Crippen LogP contribution in [0.15, 0.2) is 78.9 Å². The molecule has 0 spiro atoms. The average molecular weight is 339 g/mol. The first-order chi connectivity index (χ1) is 12.9. The van der Waals surface area contributed by atoms with E-state index >= 15 is 0 Å². The van der Waals surface area contributed by atoms with E-state index in [1.807, 2.05) is 78.9 Å². The summed E-state index contributed by atoms with van der Waals surface area (Å²) in [7, 11) is 0. The maximum Gasteiger partial charge on any atom is 0.149 e. The molecule has 1 aromatic heterocycles. The van der Waals surface area contributed by atoms with E-state index < -0.39 is 0 Å². The summed E-state index contributed by atoms with van der Waals surface area (Å²) >= 11 is 0. The summed E-state index contributed by atoms with van der Waals surface area (Å²) in [6, 6.07) is 24.8. The lowest BCUT2D eigenvalue weighted by Gasteiger charge is -2.00. The van der Waals surface area contributed by atoms with Crippen LogP contribution in [0.1, 0.15) is 11.4 Å². The normalized spacial score (nSPS) is 9.23. The minimum Gasteiger partial charge on any atom is -0.481 e. The molecule has 0 radical (unpaired) electrons. The maximum absolute atomic E-state index is 5.53. The fraction of sp³-hybridized carbons (Fsp3) is 0.0870. The standard InChI is InChI=1S/C23H17NO2/c1-3-14-22(15-4-1)25-18-8-12-20-10-7-11-21(24-20)13-9-19-26-23-16-5-2-6-17-23/h1-7,10-11,14-17H,18-19H2. The van der Waals surface area contributed by atoms with Crippen molar-refractivity contribution in [2.75, 3.05) is 13.2 Å². The summed E-state index contributed by atoms with van der Waals surface area (Å²) < 4.78 is 11.1. The molecule has 0 atom stereocenters. The van der Waals surface area contributed by atoms with Crippen molar-refractivity contribution >= 4 is 0 Å². The Morgan fingerprint density at radius 1 is 0.577 bits per heavy atom. The summed E-state index contributed by atoms with van der Waals surface area (Å²) in [5.74, 6) is 13.5. The molecular weight excluding hydrogens is 322 g/mol. The molecule has 0 aliphatic carbocycles. The number of pyridine rings is 1. The second kappa shape index (κ2) is 9.57. The number of aromatic nitrogens is 1. The Balaban J connectivity index is 1.52. The second-order valence-electron chi connectivity index (χ2n) is 5.22. The second-order valence-corrected chi connectivity index (χ2v) is 5.22. The molecular formula is C23H17NO2. The van der Waals surface area contributed by atoms with Crippen LogP contribution in [-0.2, 0) is 0 Å². The van der Waals surface area contributed by atoms with Gasteiger partial charge in [-0.1, -0.05) is 54.3 Å². The van der Waals surface area contributed by atoms with Crippen LogP contribution in [0.25, 0.3) is 0 Å². The monoisotopic (exact) mass is 339 g/mol. The molecule has 126 valence electrons. The number of hydrogen-bond acceptors (Lipinski definition) is 3. The number of para-hydroxylation sites is 2. The number of hydrogen-bond donors (Lipinski definition) is 0. The van der Waals surface area contributed by atoms with Crippen LogP contribution in [-0.4, -0.2) is 18.2 Å². The highest BCUT2D eigenvalue weighted by atomic mass is 16.5. The number of benzene rings is 2. The van der Waals surface area contributed by atoms with Crippen LogP contribution < -0.4 is 9.47 Å². The van der Waals surface area contributed by atoms with Gasteiger partial charge in [0.15, 0.2) is 0 Å². The van der Waals surface area contributed by atoms with Crippen molar-refractivity contribution in [1.82, 2.24) is 4.98 Å². The van der Waals surface area contributed by atoms with Crippen molar-refractivity contribution in [3.8, 4) is 35.2 Å². The van der Waals surface area contributed by atoms with E-state index in [1.54, 1.807) is 0 Å². The van der Waals surface area contributed by atoms with Crippen molar-refractivity contribution in [2.24, 2.45) is 0 Å². The molecule has 0 aliphatic heterocycles. The van der Waals surface area contributed by atoms with Gasteiger partial charge < -0.3 is 9.47 Å². The van der Waals surface area contributed by atoms with Crippen LogP contribution in [0, 0.1) is 23.7 Å². The highest BCUT2D eigenvalue weighted by molar-refractivity contribution is 5.35. The zero-order chi connectivity index (χ0) is 17.9. The van der Waals surface area contributed by atoms with Crippen LogP contribution in [0.5, 0.6) is 11.5 Å². The minimum atomic E-state index is 0.312. The third-order valence-corrected chi connectivity index (χ3v) is 3.29. The van der Waals surface area contributed by atoms with Gasteiger partial charge in [0.25, 0.3) is 0 Å². The lowest BCUT2D eigenvalue weighted by molar-refractivity contribution is 0.370. The van der Waals surface area contributed by atoms with E-state index in [1.165, 1.54) is 0 Å². The van der Waals surface area contributed by atoms with Gasteiger partial charge in [0.2, 0.25) is 0 Å². The maximum atomic E-state index is 5.53. The van der Waals surface area contributed by atoms with Gasteiger partial charge in [-0.2, -0.15) is 0 Å². The quantitative estimate of drug-likeness (QED) is 0.675. The van der Waals surface area contributed by atoms with Gasteiger partial charge in [-0.15, -0.1) is 0 Å². The lowest BCUT2D eigenvalue weighted by atomic mass is 10.3. The molecule has 0 saturated carbocycles. The Kier molecular flexibility index (Phi) is 6.31. The molecule has 2 aromatic carbocycles. The average Bonchev–Trinajstić information content (AvgIpc) is 2.71. The van der Waals surface area contributed by atoms with Gasteiger partial charge >= 0.3 is 0 Å². The molecule has 0 N–H and O–H groups in total. The number of ether oxygens (including phenoxy) is 2. The van der Waals surface area contributed by atoms with Crippen molar-refractivity contribution in [3.05, 3.63) is 90.3 Å². The van der Waals surface area contributed by atoms with Crippen LogP contribution in [0.4, 0.5) is 0 Å². The Morgan fingerprint density at radius 2 is 1.04 bits per heavy atom.